The minimum absolute atomic E-state index is 0.0800. The van der Waals surface area contributed by atoms with Crippen molar-refractivity contribution < 1.29 is 9.53 Å². The number of aromatic nitrogens is 1. The van der Waals surface area contributed by atoms with Crippen molar-refractivity contribution in [3.8, 4) is 23.6 Å². The van der Waals surface area contributed by atoms with Crippen molar-refractivity contribution in [2.45, 2.75) is 33.3 Å². The third kappa shape index (κ3) is 6.83. The number of amides is 1. The fourth-order valence-corrected chi connectivity index (χ4v) is 4.48. The Morgan fingerprint density at radius 3 is 2.41 bits per heavy atom. The van der Waals surface area contributed by atoms with Crippen LogP contribution in [0.3, 0.4) is 0 Å². The Balaban J connectivity index is 1.41. The molecule has 6 nitrogen and oxygen atoms in total. The van der Waals surface area contributed by atoms with Gasteiger partial charge in [-0.05, 0) is 80.3 Å². The third-order valence-electron chi connectivity index (χ3n) is 6.53. The van der Waals surface area contributed by atoms with Crippen LogP contribution in [-0.2, 0) is 17.8 Å². The average Bonchev–Trinajstić information content (AvgIpc) is 3.25. The summed E-state index contributed by atoms with van der Waals surface area (Å²) in [5, 5.41) is 21.8. The number of hydrogen-bond donors (Lipinski definition) is 1. The molecule has 0 saturated carbocycles. The van der Waals surface area contributed by atoms with Gasteiger partial charge in [-0.15, -0.1) is 0 Å². The summed E-state index contributed by atoms with van der Waals surface area (Å²) in [5.41, 5.74) is 6.41. The van der Waals surface area contributed by atoms with Gasteiger partial charge in [0.15, 0.2) is 0 Å². The summed E-state index contributed by atoms with van der Waals surface area (Å²) in [4.78, 5) is 12.7. The van der Waals surface area contributed by atoms with Gasteiger partial charge in [0.1, 0.15) is 24.0 Å². The summed E-state index contributed by atoms with van der Waals surface area (Å²) in [5.74, 6) is 0.333. The molecule has 0 saturated heterocycles. The third-order valence-corrected chi connectivity index (χ3v) is 6.53. The van der Waals surface area contributed by atoms with Crippen molar-refractivity contribution in [2.24, 2.45) is 0 Å². The number of carbonyl (C=O) groups is 1. The van der Waals surface area contributed by atoms with E-state index in [2.05, 4.69) is 34.2 Å². The lowest BCUT2D eigenvalue weighted by Gasteiger charge is -2.12. The molecule has 4 rings (SSSR count). The number of carbonyl (C=O) groups excluding carboxylic acids is 1. The molecule has 6 heteroatoms. The first kappa shape index (κ1) is 27.0. The highest BCUT2D eigenvalue weighted by Crippen LogP contribution is 2.25. The summed E-state index contributed by atoms with van der Waals surface area (Å²) in [6, 6.07) is 31.4. The number of benzene rings is 3. The quantitative estimate of drug-likeness (QED) is 0.155. The summed E-state index contributed by atoms with van der Waals surface area (Å²) in [6.45, 7) is 4.77. The van der Waals surface area contributed by atoms with E-state index in [-0.39, 0.29) is 11.5 Å². The summed E-state index contributed by atoms with van der Waals surface area (Å²) in [6.07, 6.45) is 3.31. The van der Waals surface area contributed by atoms with Crippen LogP contribution in [0.5, 0.6) is 5.75 Å². The molecule has 0 aliphatic carbocycles. The molecule has 194 valence electrons. The van der Waals surface area contributed by atoms with E-state index in [1.54, 1.807) is 12.1 Å². The van der Waals surface area contributed by atoms with Gasteiger partial charge in [-0.1, -0.05) is 48.5 Å². The maximum absolute atomic E-state index is 12.7. The van der Waals surface area contributed by atoms with Gasteiger partial charge in [-0.2, -0.15) is 10.5 Å². The minimum Gasteiger partial charge on any atom is -0.489 e. The van der Waals surface area contributed by atoms with Gasteiger partial charge >= 0.3 is 0 Å². The zero-order valence-electron chi connectivity index (χ0n) is 22.1. The largest absolute Gasteiger partial charge is 0.489 e. The zero-order chi connectivity index (χ0) is 27.6. The highest BCUT2D eigenvalue weighted by molar-refractivity contribution is 6.01. The molecule has 39 heavy (non-hydrogen) atoms. The fraction of sp³-hybridized carbons (Fsp3) is 0.182. The van der Waals surface area contributed by atoms with E-state index in [1.165, 1.54) is 5.56 Å². The first-order valence-electron chi connectivity index (χ1n) is 12.8. The van der Waals surface area contributed by atoms with Crippen molar-refractivity contribution in [3.05, 3.63) is 124 Å². The first-order chi connectivity index (χ1) is 19.0. The molecular weight excluding hydrogens is 484 g/mol. The predicted molar refractivity (Wildman–Crippen MR) is 152 cm³/mol. The molecule has 0 bridgehead atoms. The van der Waals surface area contributed by atoms with Crippen LogP contribution in [0.4, 0.5) is 0 Å². The molecule has 0 radical (unpaired) electrons. The van der Waals surface area contributed by atoms with E-state index in [9.17, 15) is 15.3 Å². The smallest absolute Gasteiger partial charge is 0.261 e. The summed E-state index contributed by atoms with van der Waals surface area (Å²) >= 11 is 0. The standard InChI is InChI=1S/C33H30N4O2/c1-24-19-29(20-30(22-35)33(38)36-18-8-11-26-9-4-3-5-10-26)25(2)37(24)31-14-16-32(17-15-31)39-23-28-13-7-6-12-27(28)21-34/h3-7,9-10,12-17,19-20H,8,11,18,23H2,1-2H3,(H,36,38)/b30-20-. The van der Waals surface area contributed by atoms with Crippen molar-refractivity contribution in [2.75, 3.05) is 6.54 Å². The number of rotatable bonds is 10. The zero-order valence-corrected chi connectivity index (χ0v) is 22.1. The van der Waals surface area contributed by atoms with Gasteiger partial charge in [-0.25, -0.2) is 0 Å². The fourth-order valence-electron chi connectivity index (χ4n) is 4.48. The van der Waals surface area contributed by atoms with Crippen LogP contribution in [0.2, 0.25) is 0 Å². The Morgan fingerprint density at radius 2 is 1.69 bits per heavy atom. The van der Waals surface area contributed by atoms with Gasteiger partial charge in [-0.3, -0.25) is 4.79 Å². The number of nitriles is 2. The Bertz CT molecular complexity index is 1550. The van der Waals surface area contributed by atoms with Gasteiger partial charge in [0.05, 0.1) is 11.6 Å². The van der Waals surface area contributed by atoms with E-state index >= 15 is 0 Å². The van der Waals surface area contributed by atoms with E-state index in [4.69, 9.17) is 4.74 Å². The average molecular weight is 515 g/mol. The minimum atomic E-state index is -0.366. The lowest BCUT2D eigenvalue weighted by atomic mass is 10.1. The maximum Gasteiger partial charge on any atom is 0.261 e. The van der Waals surface area contributed by atoms with Crippen molar-refractivity contribution in [3.63, 3.8) is 0 Å². The number of hydrogen-bond acceptors (Lipinski definition) is 4. The Kier molecular flexibility index (Phi) is 8.95. The molecule has 0 atom stereocenters. The molecule has 1 heterocycles. The molecule has 0 aliphatic rings. The SMILES string of the molecule is Cc1cc(/C=C(/C#N)C(=O)NCCCc2ccccc2)c(C)n1-c1ccc(OCc2ccccc2C#N)cc1. The molecule has 0 aliphatic heterocycles. The van der Waals surface area contributed by atoms with Crippen LogP contribution in [-0.4, -0.2) is 17.0 Å². The Morgan fingerprint density at radius 1 is 0.974 bits per heavy atom. The second kappa shape index (κ2) is 12.9. The maximum atomic E-state index is 12.7. The topological polar surface area (TPSA) is 90.8 Å². The molecule has 1 amide bonds. The molecule has 0 unspecified atom stereocenters. The van der Waals surface area contributed by atoms with Gasteiger partial charge < -0.3 is 14.6 Å². The molecule has 0 spiro atoms. The molecule has 3 aromatic carbocycles. The van der Waals surface area contributed by atoms with Crippen LogP contribution in [0.25, 0.3) is 11.8 Å². The second-order valence-corrected chi connectivity index (χ2v) is 9.23. The lowest BCUT2D eigenvalue weighted by molar-refractivity contribution is -0.117. The van der Waals surface area contributed by atoms with E-state index in [0.717, 1.165) is 41.0 Å². The van der Waals surface area contributed by atoms with Crippen molar-refractivity contribution in [1.29, 1.82) is 10.5 Å². The van der Waals surface area contributed by atoms with Gasteiger partial charge in [0, 0.05) is 29.2 Å². The monoisotopic (exact) mass is 514 g/mol. The molecule has 1 N–H and O–H groups in total. The number of ether oxygens (including phenoxy) is 1. The predicted octanol–water partition coefficient (Wildman–Crippen LogP) is 6.20. The summed E-state index contributed by atoms with van der Waals surface area (Å²) < 4.78 is 7.98. The van der Waals surface area contributed by atoms with Crippen LogP contribution in [0, 0.1) is 36.5 Å². The van der Waals surface area contributed by atoms with Crippen LogP contribution >= 0.6 is 0 Å². The number of nitrogens with one attached hydrogen (secondary N) is 1. The van der Waals surface area contributed by atoms with Crippen molar-refractivity contribution in [1.82, 2.24) is 9.88 Å². The molecule has 1 aromatic heterocycles. The van der Waals surface area contributed by atoms with E-state index < -0.39 is 0 Å². The van der Waals surface area contributed by atoms with Crippen LogP contribution in [0.15, 0.2) is 90.5 Å². The van der Waals surface area contributed by atoms with Crippen LogP contribution < -0.4 is 10.1 Å². The van der Waals surface area contributed by atoms with Gasteiger partial charge in [0.2, 0.25) is 0 Å². The number of nitrogens with zero attached hydrogens (tertiary/aromatic N) is 3. The van der Waals surface area contributed by atoms with Crippen LogP contribution in [0.1, 0.15) is 40.1 Å². The normalized spacial score (nSPS) is 10.9. The molecule has 4 aromatic rings. The molecular formula is C33H30N4O2. The van der Waals surface area contributed by atoms with E-state index in [1.807, 2.05) is 80.6 Å². The molecule has 0 fully saturated rings. The first-order valence-corrected chi connectivity index (χ1v) is 12.8. The summed E-state index contributed by atoms with van der Waals surface area (Å²) in [7, 11) is 0. The lowest BCUT2D eigenvalue weighted by Crippen LogP contribution is -2.25. The Hall–Kier alpha value is -5.07. The Labute approximate surface area is 229 Å². The number of aryl methyl sites for hydroxylation is 2. The highest BCUT2D eigenvalue weighted by Gasteiger charge is 2.14. The van der Waals surface area contributed by atoms with Crippen molar-refractivity contribution >= 4 is 12.0 Å². The van der Waals surface area contributed by atoms with Gasteiger partial charge in [0.25, 0.3) is 5.91 Å². The highest BCUT2D eigenvalue weighted by atomic mass is 16.5. The second-order valence-electron chi connectivity index (χ2n) is 9.23. The van der Waals surface area contributed by atoms with E-state index in [0.29, 0.717) is 24.5 Å².